The van der Waals surface area contributed by atoms with E-state index in [1.807, 2.05) is 13.3 Å². The van der Waals surface area contributed by atoms with E-state index in [2.05, 4.69) is 30.1 Å². The Morgan fingerprint density at radius 1 is 1.37 bits per heavy atom. The molecule has 3 heteroatoms. The summed E-state index contributed by atoms with van der Waals surface area (Å²) in [5.41, 5.74) is 1.35. The van der Waals surface area contributed by atoms with Gasteiger partial charge in [0.05, 0.1) is 12.8 Å². The number of furan rings is 1. The molecule has 108 valence electrons. The number of rotatable bonds is 7. The van der Waals surface area contributed by atoms with Gasteiger partial charge in [0.15, 0.2) is 0 Å². The van der Waals surface area contributed by atoms with Crippen molar-refractivity contribution in [3.63, 3.8) is 0 Å². The monoisotopic (exact) mass is 264 g/mol. The maximum Gasteiger partial charge on any atom is 0.122 e. The summed E-state index contributed by atoms with van der Waals surface area (Å²) in [6.45, 7) is 7.67. The van der Waals surface area contributed by atoms with Crippen LogP contribution in [0.3, 0.4) is 0 Å². The molecular weight excluding hydrogens is 236 g/mol. The van der Waals surface area contributed by atoms with E-state index in [4.69, 9.17) is 4.42 Å². The normalized spacial score (nSPS) is 16.9. The Bertz CT molecular complexity index is 367. The summed E-state index contributed by atoms with van der Waals surface area (Å²) in [5.74, 6) is 1.81. The van der Waals surface area contributed by atoms with Crippen molar-refractivity contribution < 1.29 is 4.42 Å². The smallest absolute Gasteiger partial charge is 0.122 e. The van der Waals surface area contributed by atoms with Crippen LogP contribution in [0.4, 0.5) is 0 Å². The molecule has 1 saturated carbocycles. The fourth-order valence-electron chi connectivity index (χ4n) is 3.12. The van der Waals surface area contributed by atoms with Crippen LogP contribution in [0, 0.1) is 5.92 Å². The SMILES string of the molecule is CNCc1occc1CN(CC(C)C)C1CCCC1. The standard InChI is InChI=1S/C16H28N2O/c1-13(2)11-18(15-6-4-5-7-15)12-14-8-9-19-16(14)10-17-3/h8-9,13,15,17H,4-7,10-12H2,1-3H3. The summed E-state index contributed by atoms with van der Waals surface area (Å²) in [7, 11) is 1.97. The first-order chi connectivity index (χ1) is 9.20. The summed E-state index contributed by atoms with van der Waals surface area (Å²) in [6.07, 6.45) is 7.35. The van der Waals surface area contributed by atoms with E-state index >= 15 is 0 Å². The molecule has 0 spiro atoms. The van der Waals surface area contributed by atoms with E-state index in [-0.39, 0.29) is 0 Å². The molecule has 1 N–H and O–H groups in total. The predicted molar refractivity (Wildman–Crippen MR) is 79.0 cm³/mol. The van der Waals surface area contributed by atoms with Crippen molar-refractivity contribution in [1.29, 1.82) is 0 Å². The van der Waals surface area contributed by atoms with Gasteiger partial charge in [-0.05, 0) is 31.9 Å². The molecule has 0 atom stereocenters. The molecule has 0 saturated heterocycles. The molecule has 1 aromatic heterocycles. The molecule has 0 aliphatic heterocycles. The second-order valence-electron chi connectivity index (χ2n) is 6.16. The summed E-state index contributed by atoms with van der Waals surface area (Å²) in [5, 5.41) is 3.18. The largest absolute Gasteiger partial charge is 0.468 e. The Kier molecular flexibility index (Phi) is 5.46. The third-order valence-corrected chi connectivity index (χ3v) is 3.99. The van der Waals surface area contributed by atoms with Crippen molar-refractivity contribution in [2.75, 3.05) is 13.6 Å². The Balaban J connectivity index is 2.03. The van der Waals surface area contributed by atoms with Gasteiger partial charge in [0, 0.05) is 24.7 Å². The number of hydrogen-bond acceptors (Lipinski definition) is 3. The lowest BCUT2D eigenvalue weighted by Crippen LogP contribution is -2.35. The van der Waals surface area contributed by atoms with Gasteiger partial charge in [0.25, 0.3) is 0 Å². The number of hydrogen-bond donors (Lipinski definition) is 1. The summed E-state index contributed by atoms with van der Waals surface area (Å²) >= 11 is 0. The van der Waals surface area contributed by atoms with Crippen LogP contribution in [-0.2, 0) is 13.1 Å². The highest BCUT2D eigenvalue weighted by molar-refractivity contribution is 5.17. The highest BCUT2D eigenvalue weighted by atomic mass is 16.3. The molecule has 3 nitrogen and oxygen atoms in total. The lowest BCUT2D eigenvalue weighted by Gasteiger charge is -2.30. The first-order valence-corrected chi connectivity index (χ1v) is 7.64. The molecule has 0 radical (unpaired) electrons. The maximum atomic E-state index is 5.58. The molecule has 1 fully saturated rings. The van der Waals surface area contributed by atoms with Crippen LogP contribution in [0.2, 0.25) is 0 Å². The quantitative estimate of drug-likeness (QED) is 0.818. The van der Waals surface area contributed by atoms with Gasteiger partial charge in [-0.3, -0.25) is 4.90 Å². The van der Waals surface area contributed by atoms with Gasteiger partial charge in [0.2, 0.25) is 0 Å². The van der Waals surface area contributed by atoms with Crippen LogP contribution < -0.4 is 5.32 Å². The van der Waals surface area contributed by atoms with Gasteiger partial charge in [-0.15, -0.1) is 0 Å². The average Bonchev–Trinajstić information content (AvgIpc) is 3.00. The summed E-state index contributed by atoms with van der Waals surface area (Å²) < 4.78 is 5.58. The zero-order chi connectivity index (χ0) is 13.7. The third-order valence-electron chi connectivity index (χ3n) is 3.99. The van der Waals surface area contributed by atoms with E-state index in [9.17, 15) is 0 Å². The number of nitrogens with one attached hydrogen (secondary N) is 1. The van der Waals surface area contributed by atoms with E-state index in [1.54, 1.807) is 0 Å². The Morgan fingerprint density at radius 2 is 2.11 bits per heavy atom. The fourth-order valence-corrected chi connectivity index (χ4v) is 3.12. The fraction of sp³-hybridized carbons (Fsp3) is 0.750. The van der Waals surface area contributed by atoms with Crippen LogP contribution in [0.5, 0.6) is 0 Å². The van der Waals surface area contributed by atoms with Gasteiger partial charge in [0.1, 0.15) is 5.76 Å². The molecule has 1 aromatic rings. The molecule has 19 heavy (non-hydrogen) atoms. The van der Waals surface area contributed by atoms with Crippen molar-refractivity contribution in [2.45, 2.75) is 58.7 Å². The third kappa shape index (κ3) is 4.08. The molecule has 1 aliphatic carbocycles. The molecule has 0 amide bonds. The molecule has 1 heterocycles. The predicted octanol–water partition coefficient (Wildman–Crippen LogP) is 3.40. The van der Waals surface area contributed by atoms with Crippen LogP contribution in [0.1, 0.15) is 50.9 Å². The van der Waals surface area contributed by atoms with Crippen molar-refractivity contribution in [3.05, 3.63) is 23.7 Å². The van der Waals surface area contributed by atoms with Gasteiger partial charge in [-0.25, -0.2) is 0 Å². The zero-order valence-electron chi connectivity index (χ0n) is 12.6. The van der Waals surface area contributed by atoms with Crippen molar-refractivity contribution in [1.82, 2.24) is 10.2 Å². The molecule has 0 unspecified atom stereocenters. The van der Waals surface area contributed by atoms with Crippen molar-refractivity contribution >= 4 is 0 Å². The minimum Gasteiger partial charge on any atom is -0.468 e. The lowest BCUT2D eigenvalue weighted by molar-refractivity contribution is 0.167. The first-order valence-electron chi connectivity index (χ1n) is 7.64. The van der Waals surface area contributed by atoms with E-state index in [0.29, 0.717) is 0 Å². The summed E-state index contributed by atoms with van der Waals surface area (Å²) in [4.78, 5) is 2.67. The summed E-state index contributed by atoms with van der Waals surface area (Å²) in [6, 6.07) is 2.91. The van der Waals surface area contributed by atoms with Gasteiger partial charge in [-0.2, -0.15) is 0 Å². The van der Waals surface area contributed by atoms with E-state index in [1.165, 1.54) is 37.8 Å². The second-order valence-corrected chi connectivity index (χ2v) is 6.16. The van der Waals surface area contributed by atoms with Crippen LogP contribution in [0.15, 0.2) is 16.7 Å². The Morgan fingerprint density at radius 3 is 2.74 bits per heavy atom. The molecule has 1 aliphatic rings. The molecule has 2 rings (SSSR count). The van der Waals surface area contributed by atoms with E-state index in [0.717, 1.165) is 30.8 Å². The molecular formula is C16H28N2O. The minimum atomic E-state index is 0.722. The maximum absolute atomic E-state index is 5.58. The van der Waals surface area contributed by atoms with Crippen molar-refractivity contribution in [3.8, 4) is 0 Å². The highest BCUT2D eigenvalue weighted by Crippen LogP contribution is 2.26. The topological polar surface area (TPSA) is 28.4 Å². The van der Waals surface area contributed by atoms with Gasteiger partial charge >= 0.3 is 0 Å². The zero-order valence-corrected chi connectivity index (χ0v) is 12.6. The molecule has 0 aromatic carbocycles. The minimum absolute atomic E-state index is 0.722. The Hall–Kier alpha value is -0.800. The lowest BCUT2D eigenvalue weighted by atomic mass is 10.1. The van der Waals surface area contributed by atoms with Crippen LogP contribution in [0.25, 0.3) is 0 Å². The van der Waals surface area contributed by atoms with Gasteiger partial charge < -0.3 is 9.73 Å². The van der Waals surface area contributed by atoms with Crippen LogP contribution in [-0.4, -0.2) is 24.5 Å². The first kappa shape index (κ1) is 14.6. The average molecular weight is 264 g/mol. The number of nitrogens with zero attached hydrogens (tertiary/aromatic N) is 1. The molecule has 0 bridgehead atoms. The second kappa shape index (κ2) is 7.11. The Labute approximate surface area is 117 Å². The highest BCUT2D eigenvalue weighted by Gasteiger charge is 2.24. The van der Waals surface area contributed by atoms with Crippen molar-refractivity contribution in [2.24, 2.45) is 5.92 Å². The van der Waals surface area contributed by atoms with Crippen LogP contribution >= 0.6 is 0 Å². The van der Waals surface area contributed by atoms with Gasteiger partial charge in [-0.1, -0.05) is 26.7 Å². The van der Waals surface area contributed by atoms with E-state index < -0.39 is 0 Å².